The number of halogens is 3. The lowest BCUT2D eigenvalue weighted by molar-refractivity contribution is -0.137. The molecule has 0 heterocycles. The standard InChI is InChI=1S/C16H13F3N2/c1-10-3-6-15(11(2)7-10)21-13-4-5-14(16(17,18)19)12(8-13)9-20/h3-8,21H,1-2H3. The van der Waals surface area contributed by atoms with Crippen molar-refractivity contribution < 1.29 is 13.2 Å². The summed E-state index contributed by atoms with van der Waals surface area (Å²) in [5, 5.41) is 11.9. The first-order valence-corrected chi connectivity index (χ1v) is 6.27. The summed E-state index contributed by atoms with van der Waals surface area (Å²) in [6.45, 7) is 3.87. The molecule has 0 bridgehead atoms. The number of hydrogen-bond donors (Lipinski definition) is 1. The molecule has 0 radical (unpaired) electrons. The molecular weight excluding hydrogens is 277 g/mol. The van der Waals surface area contributed by atoms with Crippen molar-refractivity contribution >= 4 is 11.4 Å². The summed E-state index contributed by atoms with van der Waals surface area (Å²) in [5.41, 5.74) is 2.01. The summed E-state index contributed by atoms with van der Waals surface area (Å²) in [7, 11) is 0. The van der Waals surface area contributed by atoms with Gasteiger partial charge in [-0.15, -0.1) is 0 Å². The maximum absolute atomic E-state index is 12.7. The summed E-state index contributed by atoms with van der Waals surface area (Å²) in [5.74, 6) is 0. The molecule has 2 aromatic rings. The van der Waals surface area contributed by atoms with Gasteiger partial charge in [0.1, 0.15) is 0 Å². The minimum Gasteiger partial charge on any atom is -0.355 e. The summed E-state index contributed by atoms with van der Waals surface area (Å²) in [4.78, 5) is 0. The number of hydrogen-bond acceptors (Lipinski definition) is 2. The molecule has 0 aliphatic carbocycles. The first-order chi connectivity index (χ1) is 9.81. The third kappa shape index (κ3) is 3.34. The van der Waals surface area contributed by atoms with Crippen molar-refractivity contribution in [2.24, 2.45) is 0 Å². The van der Waals surface area contributed by atoms with Gasteiger partial charge in [-0.2, -0.15) is 18.4 Å². The number of anilines is 2. The smallest absolute Gasteiger partial charge is 0.355 e. The molecule has 21 heavy (non-hydrogen) atoms. The van der Waals surface area contributed by atoms with Crippen LogP contribution in [0.4, 0.5) is 24.5 Å². The highest BCUT2D eigenvalue weighted by Crippen LogP contribution is 2.33. The summed E-state index contributed by atoms with van der Waals surface area (Å²) >= 11 is 0. The van der Waals surface area contributed by atoms with Crippen LogP contribution < -0.4 is 5.32 Å². The van der Waals surface area contributed by atoms with Crippen LogP contribution in [0.3, 0.4) is 0 Å². The molecule has 108 valence electrons. The van der Waals surface area contributed by atoms with Crippen LogP contribution in [0.15, 0.2) is 36.4 Å². The highest BCUT2D eigenvalue weighted by Gasteiger charge is 2.33. The highest BCUT2D eigenvalue weighted by molar-refractivity contribution is 5.65. The molecule has 1 N–H and O–H groups in total. The zero-order valence-corrected chi connectivity index (χ0v) is 11.5. The minimum absolute atomic E-state index is 0.391. The van der Waals surface area contributed by atoms with Crippen LogP contribution in [0.5, 0.6) is 0 Å². The predicted molar refractivity (Wildman–Crippen MR) is 75.4 cm³/mol. The lowest BCUT2D eigenvalue weighted by Gasteiger charge is -2.13. The van der Waals surface area contributed by atoms with E-state index in [2.05, 4.69) is 5.32 Å². The van der Waals surface area contributed by atoms with Gasteiger partial charge in [0, 0.05) is 11.4 Å². The van der Waals surface area contributed by atoms with Crippen molar-refractivity contribution in [2.45, 2.75) is 20.0 Å². The average Bonchev–Trinajstić information content (AvgIpc) is 2.40. The minimum atomic E-state index is -4.52. The molecule has 0 fully saturated rings. The Kier molecular flexibility index (Phi) is 3.90. The van der Waals surface area contributed by atoms with Crippen LogP contribution in [0, 0.1) is 25.2 Å². The van der Waals surface area contributed by atoms with Crippen molar-refractivity contribution in [3.05, 3.63) is 58.7 Å². The quantitative estimate of drug-likeness (QED) is 0.850. The van der Waals surface area contributed by atoms with E-state index in [1.165, 1.54) is 12.1 Å². The SMILES string of the molecule is Cc1ccc(Nc2ccc(C(F)(F)F)c(C#N)c2)c(C)c1. The molecule has 0 unspecified atom stereocenters. The molecule has 0 aromatic heterocycles. The predicted octanol–water partition coefficient (Wildman–Crippen LogP) is 4.94. The molecule has 2 nitrogen and oxygen atoms in total. The monoisotopic (exact) mass is 290 g/mol. The number of benzene rings is 2. The zero-order valence-electron chi connectivity index (χ0n) is 11.5. The summed E-state index contributed by atoms with van der Waals surface area (Å²) in [6.07, 6.45) is -4.52. The molecule has 0 atom stereocenters. The van der Waals surface area contributed by atoms with Gasteiger partial charge in [-0.25, -0.2) is 0 Å². The van der Waals surface area contributed by atoms with Gasteiger partial charge in [0.25, 0.3) is 0 Å². The van der Waals surface area contributed by atoms with Crippen LogP contribution in [-0.2, 0) is 6.18 Å². The Bertz CT molecular complexity index is 712. The summed E-state index contributed by atoms with van der Waals surface area (Å²) < 4.78 is 38.2. The van der Waals surface area contributed by atoms with Crippen LogP contribution >= 0.6 is 0 Å². The fraction of sp³-hybridized carbons (Fsp3) is 0.188. The lowest BCUT2D eigenvalue weighted by atomic mass is 10.1. The average molecular weight is 290 g/mol. The fourth-order valence-electron chi connectivity index (χ4n) is 2.07. The third-order valence-corrected chi connectivity index (χ3v) is 3.11. The van der Waals surface area contributed by atoms with E-state index in [9.17, 15) is 13.2 Å². The van der Waals surface area contributed by atoms with E-state index in [1.54, 1.807) is 6.07 Å². The van der Waals surface area contributed by atoms with Gasteiger partial charge < -0.3 is 5.32 Å². The maximum Gasteiger partial charge on any atom is 0.417 e. The molecule has 0 amide bonds. The Morgan fingerprint density at radius 3 is 2.33 bits per heavy atom. The Labute approximate surface area is 120 Å². The number of rotatable bonds is 2. The van der Waals surface area contributed by atoms with E-state index in [-0.39, 0.29) is 0 Å². The molecule has 5 heteroatoms. The fourth-order valence-corrected chi connectivity index (χ4v) is 2.07. The molecule has 0 saturated heterocycles. The van der Waals surface area contributed by atoms with Gasteiger partial charge in [-0.3, -0.25) is 0 Å². The number of nitrogens with one attached hydrogen (secondary N) is 1. The van der Waals surface area contributed by atoms with Crippen molar-refractivity contribution in [3.8, 4) is 6.07 Å². The second-order valence-corrected chi connectivity index (χ2v) is 4.81. The van der Waals surface area contributed by atoms with E-state index < -0.39 is 17.3 Å². The molecule has 0 aliphatic rings. The first kappa shape index (κ1) is 14.9. The Balaban J connectivity index is 2.36. The normalized spacial score (nSPS) is 11.0. The number of alkyl halides is 3. The zero-order chi connectivity index (χ0) is 15.6. The van der Waals surface area contributed by atoms with E-state index in [4.69, 9.17) is 5.26 Å². The van der Waals surface area contributed by atoms with Crippen LogP contribution in [0.1, 0.15) is 22.3 Å². The van der Waals surface area contributed by atoms with Crippen LogP contribution in [0.2, 0.25) is 0 Å². The number of nitriles is 1. The maximum atomic E-state index is 12.7. The number of aryl methyl sites for hydroxylation is 2. The Morgan fingerprint density at radius 1 is 1.05 bits per heavy atom. The van der Waals surface area contributed by atoms with Gasteiger partial charge in [0.15, 0.2) is 0 Å². The molecule has 2 aromatic carbocycles. The third-order valence-electron chi connectivity index (χ3n) is 3.11. The van der Waals surface area contributed by atoms with Gasteiger partial charge in [0.2, 0.25) is 0 Å². The van der Waals surface area contributed by atoms with E-state index in [1.807, 2.05) is 32.0 Å². The number of nitrogens with zero attached hydrogens (tertiary/aromatic N) is 1. The Morgan fingerprint density at radius 2 is 1.76 bits per heavy atom. The second-order valence-electron chi connectivity index (χ2n) is 4.81. The van der Waals surface area contributed by atoms with Crippen LogP contribution in [0.25, 0.3) is 0 Å². The van der Waals surface area contributed by atoms with Crippen LogP contribution in [-0.4, -0.2) is 0 Å². The van der Waals surface area contributed by atoms with Crippen molar-refractivity contribution in [1.82, 2.24) is 0 Å². The summed E-state index contributed by atoms with van der Waals surface area (Å²) in [6, 6.07) is 10.8. The largest absolute Gasteiger partial charge is 0.417 e. The molecule has 0 spiro atoms. The van der Waals surface area contributed by atoms with Gasteiger partial charge in [0.05, 0.1) is 17.2 Å². The molecule has 2 rings (SSSR count). The lowest BCUT2D eigenvalue weighted by Crippen LogP contribution is -2.08. The van der Waals surface area contributed by atoms with Gasteiger partial charge in [-0.05, 0) is 43.7 Å². The second kappa shape index (κ2) is 5.49. The van der Waals surface area contributed by atoms with Crippen molar-refractivity contribution in [1.29, 1.82) is 5.26 Å². The van der Waals surface area contributed by atoms with Crippen molar-refractivity contribution in [3.63, 3.8) is 0 Å². The molecule has 0 saturated carbocycles. The first-order valence-electron chi connectivity index (χ1n) is 6.27. The molecular formula is C16H13F3N2. The molecule has 0 aliphatic heterocycles. The Hall–Kier alpha value is -2.48. The van der Waals surface area contributed by atoms with Crippen molar-refractivity contribution in [2.75, 3.05) is 5.32 Å². The van der Waals surface area contributed by atoms with Gasteiger partial charge >= 0.3 is 6.18 Å². The van der Waals surface area contributed by atoms with E-state index in [0.717, 1.165) is 22.9 Å². The van der Waals surface area contributed by atoms with E-state index in [0.29, 0.717) is 5.69 Å². The highest BCUT2D eigenvalue weighted by atomic mass is 19.4. The van der Waals surface area contributed by atoms with E-state index >= 15 is 0 Å². The topological polar surface area (TPSA) is 35.8 Å². The van der Waals surface area contributed by atoms with Gasteiger partial charge in [-0.1, -0.05) is 17.7 Å².